The van der Waals surface area contributed by atoms with E-state index in [-0.39, 0.29) is 23.7 Å². The highest BCUT2D eigenvalue weighted by atomic mass is 32.1. The highest BCUT2D eigenvalue weighted by Crippen LogP contribution is 2.33. The minimum atomic E-state index is -0.423. The lowest BCUT2D eigenvalue weighted by Gasteiger charge is -2.36. The summed E-state index contributed by atoms with van der Waals surface area (Å²) in [4.78, 5) is 50.2. The van der Waals surface area contributed by atoms with Gasteiger partial charge in [0.2, 0.25) is 5.91 Å². The molecule has 5 rings (SSSR count). The van der Waals surface area contributed by atoms with E-state index in [1.54, 1.807) is 28.4 Å². The summed E-state index contributed by atoms with van der Waals surface area (Å²) in [6.07, 6.45) is 4.87. The zero-order valence-electron chi connectivity index (χ0n) is 19.2. The molecular weight excluding hydrogens is 455 g/mol. The first-order chi connectivity index (χ1) is 16.4. The van der Waals surface area contributed by atoms with E-state index in [1.807, 2.05) is 4.90 Å². The van der Waals surface area contributed by atoms with E-state index >= 15 is 0 Å². The number of rotatable bonds is 5. The number of piperazine rings is 1. The average molecular weight is 483 g/mol. The Morgan fingerprint density at radius 1 is 1.15 bits per heavy atom. The molecule has 178 valence electrons. The molecular formula is C25H27FN4O3S. The number of anilines is 1. The van der Waals surface area contributed by atoms with E-state index in [9.17, 15) is 18.8 Å². The van der Waals surface area contributed by atoms with Gasteiger partial charge in [0.15, 0.2) is 5.78 Å². The van der Waals surface area contributed by atoms with E-state index in [0.717, 1.165) is 41.5 Å². The number of carbonyl (C=O) groups is 2. The zero-order valence-corrected chi connectivity index (χ0v) is 20.0. The van der Waals surface area contributed by atoms with E-state index < -0.39 is 5.82 Å². The maximum Gasteiger partial charge on any atom is 0.259 e. The number of aromatic amines is 1. The fraction of sp³-hybridized carbons (Fsp3) is 0.440. The molecule has 0 radical (unpaired) electrons. The molecule has 1 aliphatic carbocycles. The standard InChI is InChI=1S/C25H27FN4O3S/c1-15(31)16-6-7-19(18(26)14-16)29-10-12-30(13-11-29)22(32)9-8-21-27-24(33)23-17-4-2-3-5-20(17)34-25(23)28-21/h6-7,14H,2-5,8-13H2,1H3,(H,27,28,33). The molecule has 7 nitrogen and oxygen atoms in total. The second-order valence-electron chi connectivity index (χ2n) is 8.99. The third kappa shape index (κ3) is 4.36. The lowest BCUT2D eigenvalue weighted by atomic mass is 9.97. The van der Waals surface area contributed by atoms with E-state index in [2.05, 4.69) is 9.97 Å². The molecule has 3 aromatic rings. The van der Waals surface area contributed by atoms with Crippen LogP contribution in [-0.4, -0.2) is 52.7 Å². The van der Waals surface area contributed by atoms with Crippen LogP contribution in [0.5, 0.6) is 0 Å². The Morgan fingerprint density at radius 2 is 1.91 bits per heavy atom. The molecule has 0 bridgehead atoms. The van der Waals surface area contributed by atoms with Crippen LogP contribution in [0.15, 0.2) is 23.0 Å². The monoisotopic (exact) mass is 482 g/mol. The number of thiophene rings is 1. The van der Waals surface area contributed by atoms with Gasteiger partial charge >= 0.3 is 0 Å². The topological polar surface area (TPSA) is 86.4 Å². The molecule has 3 heterocycles. The minimum Gasteiger partial charge on any atom is -0.366 e. The number of carbonyl (C=O) groups excluding carboxylic acids is 2. The number of hydrogen-bond donors (Lipinski definition) is 1. The highest BCUT2D eigenvalue weighted by Gasteiger charge is 2.24. The van der Waals surface area contributed by atoms with Crippen molar-refractivity contribution in [1.29, 1.82) is 0 Å². The molecule has 34 heavy (non-hydrogen) atoms. The average Bonchev–Trinajstić information content (AvgIpc) is 3.21. The Balaban J connectivity index is 1.20. The summed E-state index contributed by atoms with van der Waals surface area (Å²) < 4.78 is 14.5. The quantitative estimate of drug-likeness (QED) is 0.563. The summed E-state index contributed by atoms with van der Waals surface area (Å²) in [6.45, 7) is 3.43. The molecule has 1 N–H and O–H groups in total. The van der Waals surface area contributed by atoms with Crippen LogP contribution < -0.4 is 10.5 Å². The third-order valence-electron chi connectivity index (χ3n) is 6.78. The van der Waals surface area contributed by atoms with Gasteiger partial charge in [-0.25, -0.2) is 9.37 Å². The van der Waals surface area contributed by atoms with Gasteiger partial charge in [0.25, 0.3) is 5.56 Å². The number of aryl methyl sites for hydroxylation is 3. The number of halogens is 1. The Bertz CT molecular complexity index is 1320. The molecule has 1 aromatic carbocycles. The van der Waals surface area contributed by atoms with Crippen molar-refractivity contribution in [3.63, 3.8) is 0 Å². The molecule has 9 heteroatoms. The molecule has 2 aromatic heterocycles. The van der Waals surface area contributed by atoms with Gasteiger partial charge in [-0.15, -0.1) is 11.3 Å². The summed E-state index contributed by atoms with van der Waals surface area (Å²) >= 11 is 1.61. The van der Waals surface area contributed by atoms with Crippen LogP contribution in [-0.2, 0) is 24.1 Å². The van der Waals surface area contributed by atoms with Crippen LogP contribution in [0.4, 0.5) is 10.1 Å². The van der Waals surface area contributed by atoms with Gasteiger partial charge in [0, 0.05) is 49.5 Å². The molecule has 0 spiro atoms. The van der Waals surface area contributed by atoms with Gasteiger partial charge in [0.05, 0.1) is 11.1 Å². The number of nitrogens with zero attached hydrogens (tertiary/aromatic N) is 3. The minimum absolute atomic E-state index is 0.000250. The van der Waals surface area contributed by atoms with Crippen molar-refractivity contribution in [2.24, 2.45) is 0 Å². The Labute approximate surface area is 200 Å². The maximum absolute atomic E-state index is 14.5. The van der Waals surface area contributed by atoms with Gasteiger partial charge in [-0.05, 0) is 56.4 Å². The molecule has 1 amide bonds. The summed E-state index contributed by atoms with van der Waals surface area (Å²) in [5.74, 6) is -0.0429. The third-order valence-corrected chi connectivity index (χ3v) is 7.96. The van der Waals surface area contributed by atoms with Crippen molar-refractivity contribution >= 4 is 38.9 Å². The number of Topliss-reactive ketones (excluding diaryl/α,β-unsaturated/α-hetero) is 1. The Kier molecular flexibility index (Phi) is 6.20. The first kappa shape index (κ1) is 22.7. The number of amides is 1. The maximum atomic E-state index is 14.5. The lowest BCUT2D eigenvalue weighted by Crippen LogP contribution is -2.49. The lowest BCUT2D eigenvalue weighted by molar-refractivity contribution is -0.131. The molecule has 0 saturated carbocycles. The van der Waals surface area contributed by atoms with Gasteiger partial charge in [-0.1, -0.05) is 0 Å². The van der Waals surface area contributed by atoms with Crippen molar-refractivity contribution in [3.8, 4) is 0 Å². The van der Waals surface area contributed by atoms with E-state index in [0.29, 0.717) is 49.7 Å². The number of fused-ring (bicyclic) bond motifs is 3. The number of nitrogens with one attached hydrogen (secondary N) is 1. The van der Waals surface area contributed by atoms with Crippen LogP contribution >= 0.6 is 11.3 Å². The predicted octanol–water partition coefficient (Wildman–Crippen LogP) is 3.49. The molecule has 1 saturated heterocycles. The number of ketones is 1. The van der Waals surface area contributed by atoms with Crippen LogP contribution in [0, 0.1) is 5.82 Å². The molecule has 1 fully saturated rings. The van der Waals surface area contributed by atoms with Crippen molar-refractivity contribution < 1.29 is 14.0 Å². The van der Waals surface area contributed by atoms with Crippen LogP contribution in [0.25, 0.3) is 10.2 Å². The zero-order chi connectivity index (χ0) is 23.8. The van der Waals surface area contributed by atoms with Crippen LogP contribution in [0.3, 0.4) is 0 Å². The summed E-state index contributed by atoms with van der Waals surface area (Å²) in [5.41, 5.74) is 1.86. The van der Waals surface area contributed by atoms with Crippen LogP contribution in [0.2, 0.25) is 0 Å². The van der Waals surface area contributed by atoms with Crippen molar-refractivity contribution in [2.45, 2.75) is 45.4 Å². The molecule has 0 unspecified atom stereocenters. The first-order valence-corrected chi connectivity index (χ1v) is 12.6. The SMILES string of the molecule is CC(=O)c1ccc(N2CCN(C(=O)CCc3nc4sc5c(c4c(=O)[nH]3)CCCC5)CC2)c(F)c1. The van der Waals surface area contributed by atoms with Gasteiger partial charge < -0.3 is 14.8 Å². The fourth-order valence-electron chi connectivity index (χ4n) is 4.89. The first-order valence-electron chi connectivity index (χ1n) is 11.8. The summed E-state index contributed by atoms with van der Waals surface area (Å²) in [6, 6.07) is 4.53. The highest BCUT2D eigenvalue weighted by molar-refractivity contribution is 7.18. The second kappa shape index (κ2) is 9.29. The normalized spacial score (nSPS) is 16.1. The smallest absolute Gasteiger partial charge is 0.259 e. The van der Waals surface area contributed by atoms with E-state index in [4.69, 9.17) is 0 Å². The van der Waals surface area contributed by atoms with Gasteiger partial charge in [-0.3, -0.25) is 14.4 Å². The number of H-pyrrole nitrogens is 1. The van der Waals surface area contributed by atoms with Crippen LogP contribution in [0.1, 0.15) is 52.8 Å². The fourth-order valence-corrected chi connectivity index (χ4v) is 6.17. The summed E-state index contributed by atoms with van der Waals surface area (Å²) in [5, 5.41) is 0.731. The number of benzene rings is 1. The molecule has 2 aliphatic rings. The Morgan fingerprint density at radius 3 is 2.65 bits per heavy atom. The molecule has 1 aliphatic heterocycles. The second-order valence-corrected chi connectivity index (χ2v) is 10.1. The van der Waals surface area contributed by atoms with Crippen molar-refractivity contribution in [1.82, 2.24) is 14.9 Å². The predicted molar refractivity (Wildman–Crippen MR) is 130 cm³/mol. The largest absolute Gasteiger partial charge is 0.366 e. The van der Waals surface area contributed by atoms with Crippen molar-refractivity contribution in [3.05, 3.63) is 56.2 Å². The molecule has 0 atom stereocenters. The number of hydrogen-bond acceptors (Lipinski definition) is 6. The Hall–Kier alpha value is -3.07. The number of aromatic nitrogens is 2. The van der Waals surface area contributed by atoms with Crippen molar-refractivity contribution in [2.75, 3.05) is 31.1 Å². The summed E-state index contributed by atoms with van der Waals surface area (Å²) in [7, 11) is 0. The van der Waals surface area contributed by atoms with Gasteiger partial charge in [-0.2, -0.15) is 0 Å². The van der Waals surface area contributed by atoms with Gasteiger partial charge in [0.1, 0.15) is 16.5 Å². The van der Waals surface area contributed by atoms with E-state index in [1.165, 1.54) is 17.9 Å².